The SMILES string of the molecule is C1=CC2C3C=CC(C3)C2C1.C1=CC2CC1C1C3C=CC(C3)C21. The molecule has 0 heterocycles. The highest BCUT2D eigenvalue weighted by atomic mass is 14.6. The maximum atomic E-state index is 2.50. The molecule has 0 N–H and O–H groups in total. The van der Waals surface area contributed by atoms with Crippen LogP contribution in [0.25, 0.3) is 0 Å². The summed E-state index contributed by atoms with van der Waals surface area (Å²) >= 11 is 0. The summed E-state index contributed by atoms with van der Waals surface area (Å²) in [6.45, 7) is 0. The van der Waals surface area contributed by atoms with Crippen LogP contribution in [0.3, 0.4) is 0 Å². The van der Waals surface area contributed by atoms with Crippen LogP contribution in [0.2, 0.25) is 0 Å². The third-order valence-corrected chi connectivity index (χ3v) is 8.18. The van der Waals surface area contributed by atoms with Crippen molar-refractivity contribution in [2.75, 3.05) is 0 Å². The monoisotopic (exact) mass is 290 g/mol. The topological polar surface area (TPSA) is 0 Å². The third-order valence-electron chi connectivity index (χ3n) is 8.18. The van der Waals surface area contributed by atoms with Crippen molar-refractivity contribution in [3.05, 3.63) is 48.6 Å². The predicted molar refractivity (Wildman–Crippen MR) is 89.9 cm³/mol. The van der Waals surface area contributed by atoms with Gasteiger partial charge in [-0.05, 0) is 84.9 Å². The van der Waals surface area contributed by atoms with Gasteiger partial charge in [0.15, 0.2) is 0 Å². The number of fused-ring (bicyclic) bond motifs is 14. The molecule has 7 rings (SSSR count). The van der Waals surface area contributed by atoms with E-state index in [1.807, 2.05) is 0 Å². The summed E-state index contributed by atoms with van der Waals surface area (Å²) in [5.41, 5.74) is 0. The van der Waals surface area contributed by atoms with Gasteiger partial charge in [0.2, 0.25) is 0 Å². The van der Waals surface area contributed by atoms with Crippen molar-refractivity contribution in [1.82, 2.24) is 0 Å². The van der Waals surface area contributed by atoms with Gasteiger partial charge >= 0.3 is 0 Å². The van der Waals surface area contributed by atoms with Crippen molar-refractivity contribution in [3.63, 3.8) is 0 Å². The maximum absolute atomic E-state index is 2.50. The molecule has 8 atom stereocenters. The third kappa shape index (κ3) is 1.49. The molecule has 0 heteroatoms. The van der Waals surface area contributed by atoms with E-state index in [2.05, 4.69) is 48.6 Å². The van der Waals surface area contributed by atoms with Crippen molar-refractivity contribution in [1.29, 1.82) is 0 Å². The average molecular weight is 290 g/mol. The van der Waals surface area contributed by atoms with E-state index in [0.717, 1.165) is 59.2 Å². The Hall–Kier alpha value is -1.04. The van der Waals surface area contributed by atoms with E-state index in [9.17, 15) is 0 Å². The van der Waals surface area contributed by atoms with Gasteiger partial charge in [0.25, 0.3) is 0 Å². The Morgan fingerprint density at radius 2 is 1.00 bits per heavy atom. The Morgan fingerprint density at radius 3 is 1.59 bits per heavy atom. The van der Waals surface area contributed by atoms with Crippen molar-refractivity contribution < 1.29 is 0 Å². The molecular weight excluding hydrogens is 264 g/mol. The standard InChI is InChI=1S/C12H14.C10H12/c1-2-8-5-7(1)11-9-3-4-10(6-9)12(8)11;1-2-9-7-4-5-8(6-7)10(9)3-1/h1-4,7-12H,5-6H2;1-2,4-5,7-10H,3,6H2. The molecule has 0 spiro atoms. The molecular formula is C22H26. The van der Waals surface area contributed by atoms with Crippen molar-refractivity contribution in [2.24, 2.45) is 59.2 Å². The van der Waals surface area contributed by atoms with E-state index < -0.39 is 0 Å². The van der Waals surface area contributed by atoms with E-state index in [0.29, 0.717) is 0 Å². The quantitative estimate of drug-likeness (QED) is 0.434. The second-order valence-corrected chi connectivity index (χ2v) is 8.90. The number of rotatable bonds is 0. The van der Waals surface area contributed by atoms with Gasteiger partial charge < -0.3 is 0 Å². The summed E-state index contributed by atoms with van der Waals surface area (Å²) in [4.78, 5) is 0. The molecule has 0 aromatic rings. The first kappa shape index (κ1) is 12.4. The minimum absolute atomic E-state index is 0.925. The fourth-order valence-electron chi connectivity index (χ4n) is 7.41. The minimum atomic E-state index is 0.925. The van der Waals surface area contributed by atoms with Gasteiger partial charge in [-0.1, -0.05) is 48.6 Å². The summed E-state index contributed by atoms with van der Waals surface area (Å²) in [7, 11) is 0. The summed E-state index contributed by atoms with van der Waals surface area (Å²) in [5.74, 6) is 9.84. The molecule has 0 aliphatic heterocycles. The van der Waals surface area contributed by atoms with Gasteiger partial charge in [-0.3, -0.25) is 0 Å². The van der Waals surface area contributed by atoms with E-state index in [-0.39, 0.29) is 0 Å². The summed E-state index contributed by atoms with van der Waals surface area (Å²) in [5, 5.41) is 0. The smallest absolute Gasteiger partial charge is 0.0133 e. The molecule has 7 aliphatic rings. The lowest BCUT2D eigenvalue weighted by Gasteiger charge is -2.28. The van der Waals surface area contributed by atoms with E-state index >= 15 is 0 Å². The van der Waals surface area contributed by atoms with Gasteiger partial charge in [-0.2, -0.15) is 0 Å². The zero-order valence-corrected chi connectivity index (χ0v) is 13.2. The van der Waals surface area contributed by atoms with Crippen molar-refractivity contribution in [2.45, 2.75) is 25.7 Å². The highest BCUT2D eigenvalue weighted by molar-refractivity contribution is 5.25. The van der Waals surface area contributed by atoms with E-state index in [4.69, 9.17) is 0 Å². The Bertz CT molecular complexity index is 552. The molecule has 0 aromatic heterocycles. The normalized spacial score (nSPS) is 59.3. The number of hydrogen-bond donors (Lipinski definition) is 0. The number of allylic oxidation sites excluding steroid dienone is 8. The molecule has 22 heavy (non-hydrogen) atoms. The number of hydrogen-bond acceptors (Lipinski definition) is 0. The first-order valence-corrected chi connectivity index (χ1v) is 9.60. The van der Waals surface area contributed by atoms with Crippen LogP contribution in [-0.4, -0.2) is 0 Å². The molecule has 114 valence electrons. The lowest BCUT2D eigenvalue weighted by molar-refractivity contribution is 0.290. The van der Waals surface area contributed by atoms with Crippen LogP contribution >= 0.6 is 0 Å². The summed E-state index contributed by atoms with van der Waals surface area (Å²) in [6.07, 6.45) is 25.5. The highest BCUT2D eigenvalue weighted by Gasteiger charge is 2.55. The molecule has 7 aliphatic carbocycles. The molecule has 3 saturated carbocycles. The fraction of sp³-hybridized carbons (Fsp3) is 0.636. The second-order valence-electron chi connectivity index (χ2n) is 8.90. The maximum Gasteiger partial charge on any atom is -0.0133 e. The lowest BCUT2D eigenvalue weighted by Crippen LogP contribution is -2.23. The molecule has 0 aromatic carbocycles. The summed E-state index contributed by atoms with van der Waals surface area (Å²) in [6, 6.07) is 0. The second kappa shape index (κ2) is 4.28. The largest absolute Gasteiger partial charge is 0.0879 e. The van der Waals surface area contributed by atoms with Crippen LogP contribution in [-0.2, 0) is 0 Å². The van der Waals surface area contributed by atoms with Crippen molar-refractivity contribution in [3.8, 4) is 0 Å². The van der Waals surface area contributed by atoms with Crippen LogP contribution in [0, 0.1) is 59.2 Å². The molecule has 3 fully saturated rings. The predicted octanol–water partition coefficient (Wildman–Crippen LogP) is 5.02. The lowest BCUT2D eigenvalue weighted by atomic mass is 9.76. The van der Waals surface area contributed by atoms with Crippen LogP contribution in [0.15, 0.2) is 48.6 Å². The Morgan fingerprint density at radius 1 is 0.500 bits per heavy atom. The van der Waals surface area contributed by atoms with Gasteiger partial charge in [-0.15, -0.1) is 0 Å². The molecule has 0 nitrogen and oxygen atoms in total. The van der Waals surface area contributed by atoms with E-state index in [1.54, 1.807) is 0 Å². The van der Waals surface area contributed by atoms with Crippen LogP contribution in [0.1, 0.15) is 25.7 Å². The Balaban J connectivity index is 0.0000000964. The van der Waals surface area contributed by atoms with E-state index in [1.165, 1.54) is 25.7 Å². The van der Waals surface area contributed by atoms with Gasteiger partial charge in [0.1, 0.15) is 0 Å². The zero-order valence-electron chi connectivity index (χ0n) is 13.2. The molecule has 0 saturated heterocycles. The molecule has 0 amide bonds. The van der Waals surface area contributed by atoms with Gasteiger partial charge in [0, 0.05) is 0 Å². The molecule has 0 radical (unpaired) electrons. The van der Waals surface area contributed by atoms with Gasteiger partial charge in [-0.25, -0.2) is 0 Å². The first-order chi connectivity index (χ1) is 10.9. The first-order valence-electron chi connectivity index (χ1n) is 9.60. The highest BCUT2D eigenvalue weighted by Crippen LogP contribution is 2.62. The van der Waals surface area contributed by atoms with Crippen molar-refractivity contribution >= 4 is 0 Å². The molecule has 8 unspecified atom stereocenters. The van der Waals surface area contributed by atoms with Crippen LogP contribution < -0.4 is 0 Å². The van der Waals surface area contributed by atoms with Crippen LogP contribution in [0.5, 0.6) is 0 Å². The zero-order chi connectivity index (χ0) is 14.3. The average Bonchev–Trinajstić information content (AvgIpc) is 3.42. The van der Waals surface area contributed by atoms with Crippen LogP contribution in [0.4, 0.5) is 0 Å². The fourth-order valence-corrected chi connectivity index (χ4v) is 7.41. The Labute approximate surface area is 134 Å². The summed E-state index contributed by atoms with van der Waals surface area (Å²) < 4.78 is 0. The molecule has 6 bridgehead atoms. The van der Waals surface area contributed by atoms with Gasteiger partial charge in [0.05, 0.1) is 0 Å². The minimum Gasteiger partial charge on any atom is -0.0879 e. The Kier molecular flexibility index (Phi) is 2.41.